The van der Waals surface area contributed by atoms with Crippen molar-refractivity contribution in [1.29, 1.82) is 0 Å². The van der Waals surface area contributed by atoms with E-state index in [2.05, 4.69) is 4.37 Å². The lowest BCUT2D eigenvalue weighted by Gasteiger charge is -2.29. The van der Waals surface area contributed by atoms with Crippen LogP contribution in [0.3, 0.4) is 0 Å². The van der Waals surface area contributed by atoms with E-state index >= 15 is 0 Å². The lowest BCUT2D eigenvalue weighted by atomic mass is 10.2. The van der Waals surface area contributed by atoms with Crippen molar-refractivity contribution in [2.24, 2.45) is 0 Å². The van der Waals surface area contributed by atoms with Gasteiger partial charge in [-0.1, -0.05) is 19.8 Å². The van der Waals surface area contributed by atoms with Crippen LogP contribution < -0.4 is 10.6 Å². The molecule has 0 amide bonds. The highest BCUT2D eigenvalue weighted by Gasteiger charge is 2.31. The molecule has 1 aliphatic carbocycles. The Morgan fingerprint density at radius 3 is 2.65 bits per heavy atom. The third-order valence-corrected chi connectivity index (χ3v) is 6.53. The molecule has 114 valence electrons. The summed E-state index contributed by atoms with van der Waals surface area (Å²) in [6.07, 6.45) is 4.31. The fourth-order valence-electron chi connectivity index (χ4n) is 2.68. The number of nitrogens with zero attached hydrogens (tertiary/aromatic N) is 2. The molecule has 1 aromatic heterocycles. The number of nitrogens with two attached hydrogens (primary N) is 1. The molecule has 20 heavy (non-hydrogen) atoms. The number of hydrogen-bond donors (Lipinski definition) is 2. The van der Waals surface area contributed by atoms with E-state index < -0.39 is 9.84 Å². The molecule has 0 atom stereocenters. The van der Waals surface area contributed by atoms with Crippen LogP contribution in [0.15, 0.2) is 4.90 Å². The molecule has 0 aliphatic heterocycles. The van der Waals surface area contributed by atoms with E-state index in [9.17, 15) is 13.5 Å². The van der Waals surface area contributed by atoms with Crippen molar-refractivity contribution < 1.29 is 13.5 Å². The maximum Gasteiger partial charge on any atom is 0.184 e. The minimum atomic E-state index is -3.41. The van der Waals surface area contributed by atoms with Gasteiger partial charge in [0.1, 0.15) is 9.90 Å². The molecular weight excluding hydrogens is 298 g/mol. The average Bonchev–Trinajstić information content (AvgIpc) is 3.05. The van der Waals surface area contributed by atoms with Crippen molar-refractivity contribution in [3.05, 3.63) is 0 Å². The third kappa shape index (κ3) is 2.91. The quantitative estimate of drug-likeness (QED) is 0.819. The van der Waals surface area contributed by atoms with Gasteiger partial charge in [-0.05, 0) is 24.4 Å². The fraction of sp³-hybridized carbons (Fsp3) is 0.750. The zero-order valence-corrected chi connectivity index (χ0v) is 13.2. The maximum atomic E-state index is 12.2. The summed E-state index contributed by atoms with van der Waals surface area (Å²) >= 11 is 1.11. The van der Waals surface area contributed by atoms with Crippen LogP contribution in [0, 0.1) is 0 Å². The summed E-state index contributed by atoms with van der Waals surface area (Å²) in [5, 5.41) is 9.87. The van der Waals surface area contributed by atoms with Gasteiger partial charge in [0.2, 0.25) is 0 Å². The molecule has 0 spiro atoms. The van der Waals surface area contributed by atoms with E-state index in [0.29, 0.717) is 11.5 Å². The first-order valence-electron chi connectivity index (χ1n) is 6.86. The summed E-state index contributed by atoms with van der Waals surface area (Å²) < 4.78 is 28.5. The Morgan fingerprint density at radius 1 is 1.45 bits per heavy atom. The van der Waals surface area contributed by atoms with Gasteiger partial charge in [0.15, 0.2) is 15.7 Å². The number of hydrogen-bond acceptors (Lipinski definition) is 7. The van der Waals surface area contributed by atoms with Gasteiger partial charge in [0, 0.05) is 12.6 Å². The molecule has 0 saturated heterocycles. The molecule has 0 aromatic carbocycles. The standard InChI is InChI=1S/C12H21N3O3S2/c1-2-20(17,18)10-11(13)14-19-12(10)15(7-8-16)9-5-3-4-6-9/h9,16H,2-8H2,1H3,(H2,13,14). The van der Waals surface area contributed by atoms with Crippen molar-refractivity contribution in [3.63, 3.8) is 0 Å². The van der Waals surface area contributed by atoms with E-state index in [1.165, 1.54) is 0 Å². The topological polar surface area (TPSA) is 96.5 Å². The fourth-order valence-corrected chi connectivity index (χ4v) is 5.07. The van der Waals surface area contributed by atoms with Crippen LogP contribution >= 0.6 is 11.5 Å². The van der Waals surface area contributed by atoms with Gasteiger partial charge in [-0.25, -0.2) is 8.42 Å². The average molecular weight is 319 g/mol. The van der Waals surface area contributed by atoms with Crippen molar-refractivity contribution in [2.45, 2.75) is 43.5 Å². The van der Waals surface area contributed by atoms with Crippen molar-refractivity contribution in [3.8, 4) is 0 Å². The van der Waals surface area contributed by atoms with Crippen molar-refractivity contribution in [1.82, 2.24) is 4.37 Å². The summed E-state index contributed by atoms with van der Waals surface area (Å²) in [5.74, 6) is 0.0769. The molecule has 8 heteroatoms. The highest BCUT2D eigenvalue weighted by atomic mass is 32.2. The van der Waals surface area contributed by atoms with E-state index in [-0.39, 0.29) is 29.1 Å². The third-order valence-electron chi connectivity index (χ3n) is 3.72. The van der Waals surface area contributed by atoms with Crippen LogP contribution in [0.25, 0.3) is 0 Å². The molecule has 1 saturated carbocycles. The predicted octanol–water partition coefficient (Wildman–Crippen LogP) is 1.26. The summed E-state index contributed by atoms with van der Waals surface area (Å²) in [7, 11) is -3.41. The summed E-state index contributed by atoms with van der Waals surface area (Å²) in [5.41, 5.74) is 5.77. The Labute approximate surface area is 123 Å². The predicted molar refractivity (Wildman–Crippen MR) is 80.9 cm³/mol. The first-order chi connectivity index (χ1) is 9.51. The molecule has 0 radical (unpaired) electrons. The number of aliphatic hydroxyl groups is 1. The maximum absolute atomic E-state index is 12.2. The van der Waals surface area contributed by atoms with Gasteiger partial charge in [-0.3, -0.25) is 0 Å². The second-order valence-electron chi connectivity index (χ2n) is 4.96. The van der Waals surface area contributed by atoms with Crippen molar-refractivity contribution >= 4 is 32.2 Å². The Hall–Kier alpha value is -0.860. The SMILES string of the molecule is CCS(=O)(=O)c1c(N)nsc1N(CCO)C1CCCC1. The Bertz CT molecular complexity index is 550. The van der Waals surface area contributed by atoms with Crippen LogP contribution in [0.1, 0.15) is 32.6 Å². The highest BCUT2D eigenvalue weighted by molar-refractivity contribution is 7.91. The first kappa shape index (κ1) is 15.5. The minimum Gasteiger partial charge on any atom is -0.395 e. The van der Waals surface area contributed by atoms with Crippen LogP contribution in [0.2, 0.25) is 0 Å². The number of sulfone groups is 1. The number of aliphatic hydroxyl groups excluding tert-OH is 1. The first-order valence-corrected chi connectivity index (χ1v) is 9.29. The Balaban J connectivity index is 2.43. The van der Waals surface area contributed by atoms with Gasteiger partial charge in [0.05, 0.1) is 12.4 Å². The zero-order chi connectivity index (χ0) is 14.8. The Morgan fingerprint density at radius 2 is 2.10 bits per heavy atom. The van der Waals surface area contributed by atoms with Crippen LogP contribution in [-0.4, -0.2) is 42.8 Å². The lowest BCUT2D eigenvalue weighted by molar-refractivity contribution is 0.297. The summed E-state index contributed by atoms with van der Waals surface area (Å²) in [4.78, 5) is 2.12. The van der Waals surface area contributed by atoms with E-state index in [1.54, 1.807) is 6.92 Å². The number of nitrogen functional groups attached to an aromatic ring is 1. The van der Waals surface area contributed by atoms with Gasteiger partial charge in [0.25, 0.3) is 0 Å². The second-order valence-corrected chi connectivity index (χ2v) is 7.93. The lowest BCUT2D eigenvalue weighted by Crippen LogP contribution is -2.36. The van der Waals surface area contributed by atoms with Crippen LogP contribution in [0.4, 0.5) is 10.8 Å². The number of aromatic nitrogens is 1. The zero-order valence-electron chi connectivity index (χ0n) is 11.6. The van der Waals surface area contributed by atoms with Gasteiger partial charge in [-0.15, -0.1) is 0 Å². The van der Waals surface area contributed by atoms with Crippen LogP contribution in [0.5, 0.6) is 0 Å². The highest BCUT2D eigenvalue weighted by Crippen LogP contribution is 2.38. The monoisotopic (exact) mass is 319 g/mol. The molecule has 1 heterocycles. The molecule has 0 unspecified atom stereocenters. The largest absolute Gasteiger partial charge is 0.395 e. The van der Waals surface area contributed by atoms with E-state index in [1.807, 2.05) is 4.90 Å². The number of rotatable bonds is 6. The van der Waals surface area contributed by atoms with Crippen molar-refractivity contribution in [2.75, 3.05) is 29.5 Å². The van der Waals surface area contributed by atoms with Gasteiger partial charge in [-0.2, -0.15) is 4.37 Å². The molecular formula is C12H21N3O3S2. The van der Waals surface area contributed by atoms with Crippen LogP contribution in [-0.2, 0) is 9.84 Å². The van der Waals surface area contributed by atoms with E-state index in [0.717, 1.165) is 37.2 Å². The summed E-state index contributed by atoms with van der Waals surface area (Å²) in [6.45, 7) is 2.00. The Kier molecular flexibility index (Phi) is 4.87. The minimum absolute atomic E-state index is 0.000243. The van der Waals surface area contributed by atoms with Gasteiger partial charge < -0.3 is 15.7 Å². The molecule has 3 N–H and O–H groups in total. The molecule has 6 nitrogen and oxygen atoms in total. The molecule has 1 aliphatic rings. The van der Waals surface area contributed by atoms with E-state index in [4.69, 9.17) is 5.73 Å². The molecule has 2 rings (SSSR count). The van der Waals surface area contributed by atoms with Gasteiger partial charge >= 0.3 is 0 Å². The second kappa shape index (κ2) is 6.28. The normalized spacial score (nSPS) is 16.7. The molecule has 0 bridgehead atoms. The smallest absolute Gasteiger partial charge is 0.184 e. The summed E-state index contributed by atoms with van der Waals surface area (Å²) in [6, 6.07) is 0.271. The molecule has 1 aromatic rings. The number of anilines is 2. The molecule has 1 fully saturated rings.